The van der Waals surface area contributed by atoms with Crippen molar-refractivity contribution in [2.24, 2.45) is 0 Å². The van der Waals surface area contributed by atoms with Gasteiger partial charge in [-0.2, -0.15) is 5.26 Å². The SMILES string of the molecule is Cc1ncc(C#N)c2ccccc12. The molecule has 2 heteroatoms. The first-order valence-corrected chi connectivity index (χ1v) is 4.07. The molecule has 0 aliphatic carbocycles. The normalized spacial score (nSPS) is 9.85. The number of fused-ring (bicyclic) bond motifs is 1. The van der Waals surface area contributed by atoms with Gasteiger partial charge >= 0.3 is 0 Å². The smallest absolute Gasteiger partial charge is 0.101 e. The molecule has 0 aliphatic rings. The monoisotopic (exact) mass is 168 g/mol. The zero-order valence-electron chi connectivity index (χ0n) is 7.28. The molecule has 0 spiro atoms. The Balaban J connectivity index is 2.95. The average molecular weight is 168 g/mol. The summed E-state index contributed by atoms with van der Waals surface area (Å²) in [4.78, 5) is 4.16. The molecule has 0 N–H and O–H groups in total. The molecule has 0 fully saturated rings. The predicted octanol–water partition coefficient (Wildman–Crippen LogP) is 2.41. The predicted molar refractivity (Wildman–Crippen MR) is 51.2 cm³/mol. The molecule has 13 heavy (non-hydrogen) atoms. The summed E-state index contributed by atoms with van der Waals surface area (Å²) in [6.45, 7) is 1.95. The number of rotatable bonds is 0. The molecule has 1 aromatic carbocycles. The minimum Gasteiger partial charge on any atom is -0.260 e. The first-order valence-electron chi connectivity index (χ1n) is 4.07. The molecule has 0 radical (unpaired) electrons. The van der Waals surface area contributed by atoms with Crippen molar-refractivity contribution in [1.82, 2.24) is 4.98 Å². The van der Waals surface area contributed by atoms with Crippen molar-refractivity contribution in [1.29, 1.82) is 5.26 Å². The maximum absolute atomic E-state index is 8.84. The van der Waals surface area contributed by atoms with Gasteiger partial charge in [0.15, 0.2) is 0 Å². The molecule has 0 aliphatic heterocycles. The fourth-order valence-corrected chi connectivity index (χ4v) is 1.42. The van der Waals surface area contributed by atoms with Gasteiger partial charge in [-0.3, -0.25) is 4.98 Å². The molecule has 0 atom stereocenters. The van der Waals surface area contributed by atoms with E-state index < -0.39 is 0 Å². The molecule has 2 aromatic rings. The Morgan fingerprint density at radius 3 is 2.62 bits per heavy atom. The summed E-state index contributed by atoms with van der Waals surface area (Å²) >= 11 is 0. The van der Waals surface area contributed by atoms with Crippen LogP contribution in [0.15, 0.2) is 30.5 Å². The molecule has 0 saturated carbocycles. The second-order valence-corrected chi connectivity index (χ2v) is 2.91. The Morgan fingerprint density at radius 1 is 1.23 bits per heavy atom. The lowest BCUT2D eigenvalue weighted by Gasteiger charge is -2.01. The van der Waals surface area contributed by atoms with Crippen LogP contribution in [0.5, 0.6) is 0 Å². The van der Waals surface area contributed by atoms with Crippen LogP contribution in [0.1, 0.15) is 11.3 Å². The highest BCUT2D eigenvalue weighted by Crippen LogP contribution is 2.19. The summed E-state index contributed by atoms with van der Waals surface area (Å²) in [5.74, 6) is 0. The van der Waals surface area contributed by atoms with Crippen molar-refractivity contribution in [3.05, 3.63) is 41.7 Å². The second-order valence-electron chi connectivity index (χ2n) is 2.91. The fraction of sp³-hybridized carbons (Fsp3) is 0.0909. The van der Waals surface area contributed by atoms with Crippen LogP contribution >= 0.6 is 0 Å². The molecular weight excluding hydrogens is 160 g/mol. The summed E-state index contributed by atoms with van der Waals surface area (Å²) < 4.78 is 0. The molecular formula is C11H8N2. The van der Waals surface area contributed by atoms with E-state index in [1.807, 2.05) is 31.2 Å². The Hall–Kier alpha value is -1.88. The molecule has 2 rings (SSSR count). The van der Waals surface area contributed by atoms with Gasteiger partial charge in [0.1, 0.15) is 6.07 Å². The van der Waals surface area contributed by atoms with E-state index in [1.165, 1.54) is 0 Å². The molecule has 0 saturated heterocycles. The van der Waals surface area contributed by atoms with Crippen molar-refractivity contribution in [2.75, 3.05) is 0 Å². The molecule has 0 amide bonds. The minimum absolute atomic E-state index is 0.640. The van der Waals surface area contributed by atoms with Crippen LogP contribution in [-0.2, 0) is 0 Å². The van der Waals surface area contributed by atoms with Gasteiger partial charge in [-0.1, -0.05) is 24.3 Å². The van der Waals surface area contributed by atoms with Gasteiger partial charge in [0.25, 0.3) is 0 Å². The van der Waals surface area contributed by atoms with Crippen LogP contribution in [0.4, 0.5) is 0 Å². The van der Waals surface area contributed by atoms with Gasteiger partial charge in [0.05, 0.1) is 5.56 Å². The molecule has 1 aromatic heterocycles. The van der Waals surface area contributed by atoms with Crippen LogP contribution in [0, 0.1) is 18.3 Å². The van der Waals surface area contributed by atoms with E-state index in [2.05, 4.69) is 11.1 Å². The lowest BCUT2D eigenvalue weighted by Crippen LogP contribution is -1.87. The number of aryl methyl sites for hydroxylation is 1. The van der Waals surface area contributed by atoms with Crippen molar-refractivity contribution in [3.63, 3.8) is 0 Å². The number of hydrogen-bond donors (Lipinski definition) is 0. The van der Waals surface area contributed by atoms with E-state index in [0.29, 0.717) is 5.56 Å². The Labute approximate surface area is 76.5 Å². The van der Waals surface area contributed by atoms with Crippen molar-refractivity contribution >= 4 is 10.8 Å². The zero-order chi connectivity index (χ0) is 9.26. The highest BCUT2D eigenvalue weighted by atomic mass is 14.7. The summed E-state index contributed by atoms with van der Waals surface area (Å²) in [6.07, 6.45) is 1.62. The largest absolute Gasteiger partial charge is 0.260 e. The topological polar surface area (TPSA) is 36.7 Å². The summed E-state index contributed by atoms with van der Waals surface area (Å²) in [7, 11) is 0. The minimum atomic E-state index is 0.640. The van der Waals surface area contributed by atoms with Crippen molar-refractivity contribution in [2.45, 2.75) is 6.92 Å². The fourth-order valence-electron chi connectivity index (χ4n) is 1.42. The number of hydrogen-bond acceptors (Lipinski definition) is 2. The van der Waals surface area contributed by atoms with E-state index in [-0.39, 0.29) is 0 Å². The third-order valence-corrected chi connectivity index (χ3v) is 2.11. The van der Waals surface area contributed by atoms with Crippen LogP contribution in [0.2, 0.25) is 0 Å². The van der Waals surface area contributed by atoms with E-state index in [0.717, 1.165) is 16.5 Å². The maximum atomic E-state index is 8.84. The van der Waals surface area contributed by atoms with E-state index in [4.69, 9.17) is 5.26 Å². The van der Waals surface area contributed by atoms with Gasteiger partial charge < -0.3 is 0 Å². The third-order valence-electron chi connectivity index (χ3n) is 2.11. The highest BCUT2D eigenvalue weighted by Gasteiger charge is 2.01. The summed E-state index contributed by atoms with van der Waals surface area (Å²) in [6, 6.07) is 9.96. The molecule has 2 nitrogen and oxygen atoms in total. The first kappa shape index (κ1) is 7.75. The first-order chi connectivity index (χ1) is 6.33. The lowest BCUT2D eigenvalue weighted by atomic mass is 10.1. The number of pyridine rings is 1. The maximum Gasteiger partial charge on any atom is 0.101 e. The van der Waals surface area contributed by atoms with Crippen molar-refractivity contribution in [3.8, 4) is 6.07 Å². The van der Waals surface area contributed by atoms with Crippen LogP contribution in [0.25, 0.3) is 10.8 Å². The standard InChI is InChI=1S/C11H8N2/c1-8-10-4-2-3-5-11(10)9(6-12)7-13-8/h2-5,7H,1H3. The number of nitrogens with zero attached hydrogens (tertiary/aromatic N) is 2. The molecule has 1 heterocycles. The highest BCUT2D eigenvalue weighted by molar-refractivity contribution is 5.88. The van der Waals surface area contributed by atoms with Crippen LogP contribution < -0.4 is 0 Å². The molecule has 62 valence electrons. The van der Waals surface area contributed by atoms with Crippen LogP contribution in [-0.4, -0.2) is 4.98 Å². The number of nitriles is 1. The summed E-state index contributed by atoms with van der Waals surface area (Å²) in [5.41, 5.74) is 1.61. The summed E-state index contributed by atoms with van der Waals surface area (Å²) in [5, 5.41) is 10.9. The Morgan fingerprint density at radius 2 is 1.92 bits per heavy atom. The van der Waals surface area contributed by atoms with Gasteiger partial charge in [-0.05, 0) is 6.92 Å². The van der Waals surface area contributed by atoms with E-state index >= 15 is 0 Å². The van der Waals surface area contributed by atoms with Gasteiger partial charge in [-0.25, -0.2) is 0 Å². The number of benzene rings is 1. The van der Waals surface area contributed by atoms with E-state index in [9.17, 15) is 0 Å². The van der Waals surface area contributed by atoms with Crippen molar-refractivity contribution < 1.29 is 0 Å². The Bertz CT molecular complexity index is 495. The third kappa shape index (κ3) is 1.15. The molecule has 0 unspecified atom stereocenters. The quantitative estimate of drug-likeness (QED) is 0.605. The lowest BCUT2D eigenvalue weighted by molar-refractivity contribution is 1.22. The van der Waals surface area contributed by atoms with E-state index in [1.54, 1.807) is 6.20 Å². The Kier molecular flexibility index (Phi) is 1.71. The van der Waals surface area contributed by atoms with Gasteiger partial charge in [0.2, 0.25) is 0 Å². The van der Waals surface area contributed by atoms with Gasteiger partial charge in [0, 0.05) is 22.7 Å². The van der Waals surface area contributed by atoms with Gasteiger partial charge in [-0.15, -0.1) is 0 Å². The number of aromatic nitrogens is 1. The van der Waals surface area contributed by atoms with Crippen LogP contribution in [0.3, 0.4) is 0 Å². The zero-order valence-corrected chi connectivity index (χ0v) is 7.28. The molecule has 0 bridgehead atoms. The second kappa shape index (κ2) is 2.87. The average Bonchev–Trinajstić information content (AvgIpc) is 2.19.